The lowest BCUT2D eigenvalue weighted by molar-refractivity contribution is -0.134. The van der Waals surface area contributed by atoms with Gasteiger partial charge < -0.3 is 14.9 Å². The predicted molar refractivity (Wildman–Crippen MR) is 105 cm³/mol. The van der Waals surface area contributed by atoms with E-state index in [9.17, 15) is 9.90 Å². The molecule has 0 aromatic heterocycles. The second-order valence-corrected chi connectivity index (χ2v) is 9.01. The standard InChI is InChI=1S/C22H34N2O2/c1-18-5-4-6-19(15-18)16-20(25)24-13-11-21(12-14-24)7-9-22(26,10-8-21)17-23(2)3/h4-6,15,26H,7-14,16-17H2,1-3H3. The SMILES string of the molecule is Cc1cccc(CC(=O)N2CCC3(CC2)CCC(O)(CN(C)C)CC3)c1. The first-order valence-electron chi connectivity index (χ1n) is 10.00. The van der Waals surface area contributed by atoms with Gasteiger partial charge in [-0.1, -0.05) is 29.8 Å². The number of benzene rings is 1. The topological polar surface area (TPSA) is 43.8 Å². The highest BCUT2D eigenvalue weighted by Crippen LogP contribution is 2.47. The molecule has 0 atom stereocenters. The monoisotopic (exact) mass is 358 g/mol. The Bertz CT molecular complexity index is 623. The number of rotatable bonds is 4. The fourth-order valence-corrected chi connectivity index (χ4v) is 4.83. The van der Waals surface area contributed by atoms with Gasteiger partial charge in [0.05, 0.1) is 12.0 Å². The summed E-state index contributed by atoms with van der Waals surface area (Å²) in [5.41, 5.74) is 2.15. The molecule has 1 aliphatic heterocycles. The first kappa shape index (κ1) is 19.4. The summed E-state index contributed by atoms with van der Waals surface area (Å²) in [5, 5.41) is 10.8. The van der Waals surface area contributed by atoms with Gasteiger partial charge >= 0.3 is 0 Å². The predicted octanol–water partition coefficient (Wildman–Crippen LogP) is 3.01. The van der Waals surface area contributed by atoms with Gasteiger partial charge in [0.2, 0.25) is 5.91 Å². The number of carbonyl (C=O) groups is 1. The Morgan fingerprint density at radius 2 is 1.77 bits per heavy atom. The minimum absolute atomic E-state index is 0.255. The summed E-state index contributed by atoms with van der Waals surface area (Å²) >= 11 is 0. The first-order valence-corrected chi connectivity index (χ1v) is 10.00. The van der Waals surface area contributed by atoms with Crippen molar-refractivity contribution in [3.63, 3.8) is 0 Å². The van der Waals surface area contributed by atoms with E-state index in [1.165, 1.54) is 5.56 Å². The lowest BCUT2D eigenvalue weighted by Gasteiger charge is -2.48. The molecule has 1 amide bonds. The van der Waals surface area contributed by atoms with Crippen molar-refractivity contribution in [2.24, 2.45) is 5.41 Å². The summed E-state index contributed by atoms with van der Waals surface area (Å²) < 4.78 is 0. The molecule has 1 aliphatic carbocycles. The Morgan fingerprint density at radius 3 is 2.35 bits per heavy atom. The maximum Gasteiger partial charge on any atom is 0.226 e. The summed E-state index contributed by atoms with van der Waals surface area (Å²) in [5.74, 6) is 0.255. The summed E-state index contributed by atoms with van der Waals surface area (Å²) in [7, 11) is 4.06. The number of amides is 1. The van der Waals surface area contributed by atoms with Gasteiger partial charge in [0, 0.05) is 19.6 Å². The van der Waals surface area contributed by atoms with E-state index in [0.29, 0.717) is 11.8 Å². The van der Waals surface area contributed by atoms with E-state index >= 15 is 0 Å². The molecule has 3 rings (SSSR count). The molecule has 26 heavy (non-hydrogen) atoms. The Balaban J connectivity index is 1.51. The highest BCUT2D eigenvalue weighted by atomic mass is 16.3. The van der Waals surface area contributed by atoms with Crippen molar-refractivity contribution < 1.29 is 9.90 Å². The van der Waals surface area contributed by atoms with E-state index in [1.54, 1.807) is 0 Å². The number of hydrogen-bond donors (Lipinski definition) is 1. The number of carbonyl (C=O) groups excluding carboxylic acids is 1. The molecule has 1 aromatic carbocycles. The van der Waals surface area contributed by atoms with Crippen molar-refractivity contribution in [3.8, 4) is 0 Å². The molecule has 0 radical (unpaired) electrons. The Morgan fingerprint density at radius 1 is 1.12 bits per heavy atom. The van der Waals surface area contributed by atoms with Crippen LogP contribution in [0.4, 0.5) is 0 Å². The second kappa shape index (κ2) is 7.69. The van der Waals surface area contributed by atoms with Crippen LogP contribution >= 0.6 is 0 Å². The van der Waals surface area contributed by atoms with Gasteiger partial charge in [-0.2, -0.15) is 0 Å². The second-order valence-electron chi connectivity index (χ2n) is 9.01. The van der Waals surface area contributed by atoms with Gasteiger partial charge in [-0.05, 0) is 70.5 Å². The average Bonchev–Trinajstić information content (AvgIpc) is 2.58. The zero-order chi connectivity index (χ0) is 18.8. The van der Waals surface area contributed by atoms with Crippen LogP contribution < -0.4 is 0 Å². The number of hydrogen-bond acceptors (Lipinski definition) is 3. The van der Waals surface area contributed by atoms with Crippen LogP contribution in [0.25, 0.3) is 0 Å². The van der Waals surface area contributed by atoms with Crippen molar-refractivity contribution >= 4 is 5.91 Å². The molecule has 1 saturated carbocycles. The molecule has 144 valence electrons. The zero-order valence-electron chi connectivity index (χ0n) is 16.6. The molecule has 0 unspecified atom stereocenters. The van der Waals surface area contributed by atoms with Crippen LogP contribution in [0.3, 0.4) is 0 Å². The third-order valence-corrected chi connectivity index (χ3v) is 6.47. The molecule has 1 N–H and O–H groups in total. The van der Waals surface area contributed by atoms with E-state index < -0.39 is 5.60 Å². The number of aryl methyl sites for hydroxylation is 1. The van der Waals surface area contributed by atoms with Crippen molar-refractivity contribution in [1.29, 1.82) is 0 Å². The average molecular weight is 359 g/mol. The van der Waals surface area contributed by atoms with E-state index in [-0.39, 0.29) is 5.91 Å². The fourth-order valence-electron chi connectivity index (χ4n) is 4.83. The van der Waals surface area contributed by atoms with Crippen LogP contribution in [0.5, 0.6) is 0 Å². The molecule has 4 heteroatoms. The number of nitrogens with zero attached hydrogens (tertiary/aromatic N) is 2. The first-order chi connectivity index (χ1) is 12.3. The van der Waals surface area contributed by atoms with Gasteiger partial charge in [-0.3, -0.25) is 4.79 Å². The summed E-state index contributed by atoms with van der Waals surface area (Å²) in [6, 6.07) is 8.25. The third-order valence-electron chi connectivity index (χ3n) is 6.47. The maximum atomic E-state index is 12.7. The van der Waals surface area contributed by atoms with Gasteiger partial charge in [-0.25, -0.2) is 0 Å². The molecule has 1 aromatic rings. The van der Waals surface area contributed by atoms with Crippen LogP contribution in [-0.2, 0) is 11.2 Å². The van der Waals surface area contributed by atoms with E-state index in [0.717, 1.165) is 63.7 Å². The Kier molecular flexibility index (Phi) is 5.73. The van der Waals surface area contributed by atoms with Crippen molar-refractivity contribution in [3.05, 3.63) is 35.4 Å². The van der Waals surface area contributed by atoms with E-state index in [1.807, 2.05) is 31.1 Å². The maximum absolute atomic E-state index is 12.7. The molecule has 1 heterocycles. The normalized spacial score (nSPS) is 22.0. The lowest BCUT2D eigenvalue weighted by atomic mass is 9.64. The minimum Gasteiger partial charge on any atom is -0.389 e. The van der Waals surface area contributed by atoms with Crippen molar-refractivity contribution in [2.75, 3.05) is 33.7 Å². The van der Waals surface area contributed by atoms with Gasteiger partial charge in [0.15, 0.2) is 0 Å². The largest absolute Gasteiger partial charge is 0.389 e. The van der Waals surface area contributed by atoms with Crippen LogP contribution in [0.1, 0.15) is 49.7 Å². The number of likely N-dealkylation sites (N-methyl/N-ethyl adjacent to an activating group) is 1. The lowest BCUT2D eigenvalue weighted by Crippen LogP contribution is -2.50. The molecule has 1 spiro atoms. The Hall–Kier alpha value is -1.39. The van der Waals surface area contributed by atoms with Crippen LogP contribution in [0, 0.1) is 12.3 Å². The molecule has 0 bridgehead atoms. The molecular weight excluding hydrogens is 324 g/mol. The molecule has 2 fully saturated rings. The number of likely N-dealkylation sites (tertiary alicyclic amines) is 1. The highest BCUT2D eigenvalue weighted by Gasteiger charge is 2.43. The number of aliphatic hydroxyl groups is 1. The van der Waals surface area contributed by atoms with Gasteiger partial charge in [0.1, 0.15) is 0 Å². The van der Waals surface area contributed by atoms with Crippen LogP contribution in [0.15, 0.2) is 24.3 Å². The summed E-state index contributed by atoms with van der Waals surface area (Å²) in [6.45, 7) is 4.57. The quantitative estimate of drug-likeness (QED) is 0.900. The van der Waals surface area contributed by atoms with E-state index in [4.69, 9.17) is 0 Å². The van der Waals surface area contributed by atoms with Gasteiger partial charge in [-0.15, -0.1) is 0 Å². The third kappa shape index (κ3) is 4.66. The van der Waals surface area contributed by atoms with Crippen LogP contribution in [-0.4, -0.2) is 60.1 Å². The smallest absolute Gasteiger partial charge is 0.226 e. The molecule has 4 nitrogen and oxygen atoms in total. The summed E-state index contributed by atoms with van der Waals surface area (Å²) in [4.78, 5) is 16.8. The van der Waals surface area contributed by atoms with Crippen molar-refractivity contribution in [2.45, 2.75) is 57.5 Å². The van der Waals surface area contributed by atoms with Gasteiger partial charge in [0.25, 0.3) is 0 Å². The van der Waals surface area contributed by atoms with Crippen molar-refractivity contribution in [1.82, 2.24) is 9.80 Å². The zero-order valence-corrected chi connectivity index (χ0v) is 16.6. The fraction of sp³-hybridized carbons (Fsp3) is 0.682. The minimum atomic E-state index is -0.521. The molecular formula is C22H34N2O2. The van der Waals surface area contributed by atoms with E-state index in [2.05, 4.69) is 24.0 Å². The molecule has 2 aliphatic rings. The van der Waals surface area contributed by atoms with Crippen LogP contribution in [0.2, 0.25) is 0 Å². The molecule has 1 saturated heterocycles. The Labute approximate surface area is 158 Å². The highest BCUT2D eigenvalue weighted by molar-refractivity contribution is 5.78. The number of piperidine rings is 1. The summed E-state index contributed by atoms with van der Waals surface area (Å²) in [6.07, 6.45) is 6.66.